The minimum Gasteiger partial charge on any atom is -0.497 e. The highest BCUT2D eigenvalue weighted by Gasteiger charge is 2.32. The lowest BCUT2D eigenvalue weighted by Crippen LogP contribution is -2.31. The van der Waals surface area contributed by atoms with Gasteiger partial charge in [-0.05, 0) is 73.0 Å². The fraction of sp³-hybridized carbons (Fsp3) is 0.148. The number of nitrogens with one attached hydrogen (secondary N) is 1. The summed E-state index contributed by atoms with van der Waals surface area (Å²) < 4.78 is 19.1. The first kappa shape index (κ1) is 24.2. The molecular formula is C27H24FN3O3S. The van der Waals surface area contributed by atoms with Crippen LogP contribution >= 0.6 is 11.8 Å². The van der Waals surface area contributed by atoms with Gasteiger partial charge >= 0.3 is 0 Å². The first-order valence-corrected chi connectivity index (χ1v) is 11.9. The Labute approximate surface area is 207 Å². The summed E-state index contributed by atoms with van der Waals surface area (Å²) in [5.41, 5.74) is 3.83. The Bertz CT molecular complexity index is 1320. The van der Waals surface area contributed by atoms with Gasteiger partial charge in [-0.3, -0.25) is 14.5 Å². The van der Waals surface area contributed by atoms with Crippen molar-refractivity contribution in [2.45, 2.75) is 13.8 Å². The van der Waals surface area contributed by atoms with Crippen LogP contribution in [0.5, 0.6) is 5.75 Å². The lowest BCUT2D eigenvalue weighted by molar-refractivity contribution is -0.114. The number of anilines is 2. The fourth-order valence-corrected chi connectivity index (χ4v) is 4.45. The van der Waals surface area contributed by atoms with E-state index in [1.165, 1.54) is 17.0 Å². The van der Waals surface area contributed by atoms with Crippen molar-refractivity contribution in [1.82, 2.24) is 0 Å². The highest BCUT2D eigenvalue weighted by atomic mass is 32.2. The van der Waals surface area contributed by atoms with E-state index in [4.69, 9.17) is 4.74 Å². The summed E-state index contributed by atoms with van der Waals surface area (Å²) in [6.07, 6.45) is 1.70. The SMILES string of the molecule is COc1ccc(C=C2N=C(SCC(=O)Nc3ccccc3F)N(c3cc(C)cc(C)c3)C2=O)cc1. The number of methoxy groups -OCH3 is 1. The van der Waals surface area contributed by atoms with Gasteiger partial charge in [0.1, 0.15) is 17.3 Å². The molecule has 8 heteroatoms. The first-order chi connectivity index (χ1) is 16.8. The summed E-state index contributed by atoms with van der Waals surface area (Å²) in [7, 11) is 1.59. The van der Waals surface area contributed by atoms with Crippen LogP contribution in [0.15, 0.2) is 77.4 Å². The van der Waals surface area contributed by atoms with Gasteiger partial charge in [0.05, 0.1) is 24.2 Å². The molecule has 2 amide bonds. The highest BCUT2D eigenvalue weighted by molar-refractivity contribution is 8.14. The van der Waals surface area contributed by atoms with E-state index in [0.717, 1.165) is 28.5 Å². The van der Waals surface area contributed by atoms with Crippen molar-refractivity contribution in [1.29, 1.82) is 0 Å². The van der Waals surface area contributed by atoms with Gasteiger partial charge in [-0.1, -0.05) is 42.1 Å². The third-order valence-electron chi connectivity index (χ3n) is 5.19. The van der Waals surface area contributed by atoms with Gasteiger partial charge in [-0.2, -0.15) is 0 Å². The predicted octanol–water partition coefficient (Wildman–Crippen LogP) is 5.57. The van der Waals surface area contributed by atoms with Crippen LogP contribution < -0.4 is 15.0 Å². The monoisotopic (exact) mass is 489 g/mol. The second-order valence-electron chi connectivity index (χ2n) is 8.00. The summed E-state index contributed by atoms with van der Waals surface area (Å²) in [4.78, 5) is 32.0. The lowest BCUT2D eigenvalue weighted by atomic mass is 10.1. The number of para-hydroxylation sites is 1. The molecule has 0 unspecified atom stereocenters. The van der Waals surface area contributed by atoms with Crippen molar-refractivity contribution < 1.29 is 18.7 Å². The molecule has 1 N–H and O–H groups in total. The Morgan fingerprint density at radius 3 is 2.43 bits per heavy atom. The van der Waals surface area contributed by atoms with E-state index < -0.39 is 11.7 Å². The van der Waals surface area contributed by atoms with E-state index in [-0.39, 0.29) is 23.0 Å². The molecule has 0 aliphatic carbocycles. The average molecular weight is 490 g/mol. The van der Waals surface area contributed by atoms with Crippen LogP contribution in [0.1, 0.15) is 16.7 Å². The topological polar surface area (TPSA) is 71.0 Å². The van der Waals surface area contributed by atoms with Crippen LogP contribution in [0.3, 0.4) is 0 Å². The Balaban J connectivity index is 1.60. The number of halogens is 1. The zero-order valence-electron chi connectivity index (χ0n) is 19.5. The molecule has 1 heterocycles. The molecule has 0 saturated heterocycles. The zero-order valence-corrected chi connectivity index (χ0v) is 20.4. The normalized spacial score (nSPS) is 14.3. The van der Waals surface area contributed by atoms with E-state index in [0.29, 0.717) is 16.6 Å². The average Bonchev–Trinajstić information content (AvgIpc) is 3.14. The maximum atomic E-state index is 13.9. The molecule has 0 saturated carbocycles. The molecule has 178 valence electrons. The molecule has 0 radical (unpaired) electrons. The maximum Gasteiger partial charge on any atom is 0.283 e. The van der Waals surface area contributed by atoms with Gasteiger partial charge in [0.25, 0.3) is 5.91 Å². The van der Waals surface area contributed by atoms with E-state index in [1.807, 2.05) is 44.2 Å². The number of hydrogen-bond acceptors (Lipinski definition) is 5. The largest absolute Gasteiger partial charge is 0.497 e. The van der Waals surface area contributed by atoms with E-state index in [1.54, 1.807) is 37.5 Å². The second-order valence-corrected chi connectivity index (χ2v) is 8.94. The standard InChI is InChI=1S/C27H24FN3O3S/c1-17-12-18(2)14-20(13-17)31-26(33)24(15-19-8-10-21(34-3)11-9-19)30-27(31)35-16-25(32)29-23-7-5-4-6-22(23)28/h4-15H,16H2,1-3H3,(H,29,32). The van der Waals surface area contributed by atoms with Gasteiger partial charge in [0.15, 0.2) is 5.17 Å². The summed E-state index contributed by atoms with van der Waals surface area (Å²) >= 11 is 1.12. The minimum atomic E-state index is -0.513. The molecule has 0 spiro atoms. The Morgan fingerprint density at radius 1 is 1.09 bits per heavy atom. The molecule has 0 aromatic heterocycles. The number of ether oxygens (including phenoxy) is 1. The summed E-state index contributed by atoms with van der Waals surface area (Å²) in [5, 5.41) is 2.94. The third-order valence-corrected chi connectivity index (χ3v) is 6.13. The molecule has 0 atom stereocenters. The van der Waals surface area contributed by atoms with E-state index in [2.05, 4.69) is 10.3 Å². The van der Waals surface area contributed by atoms with Crippen LogP contribution in [0.2, 0.25) is 0 Å². The predicted molar refractivity (Wildman–Crippen MR) is 139 cm³/mol. The highest BCUT2D eigenvalue weighted by Crippen LogP contribution is 2.31. The van der Waals surface area contributed by atoms with E-state index >= 15 is 0 Å². The molecule has 3 aromatic rings. The number of aliphatic imine (C=N–C) groups is 1. The van der Waals surface area contributed by atoms with Crippen molar-refractivity contribution in [3.05, 3.63) is 94.9 Å². The molecule has 0 bridgehead atoms. The molecule has 0 fully saturated rings. The summed E-state index contributed by atoms with van der Waals surface area (Å²) in [6.45, 7) is 3.91. The third kappa shape index (κ3) is 5.78. The Morgan fingerprint density at radius 2 is 1.77 bits per heavy atom. The molecular weight excluding hydrogens is 465 g/mol. The summed E-state index contributed by atoms with van der Waals surface area (Å²) in [6, 6.07) is 19.1. The van der Waals surface area contributed by atoms with Gasteiger partial charge < -0.3 is 10.1 Å². The number of rotatable bonds is 6. The van der Waals surface area contributed by atoms with Crippen LogP contribution in [-0.2, 0) is 9.59 Å². The smallest absolute Gasteiger partial charge is 0.283 e. The number of carbonyl (C=O) groups excluding carboxylic acids is 2. The van der Waals surface area contributed by atoms with Crippen LogP contribution in [0, 0.1) is 19.7 Å². The van der Waals surface area contributed by atoms with Crippen LogP contribution in [0.25, 0.3) is 6.08 Å². The van der Waals surface area contributed by atoms with Crippen molar-refractivity contribution in [2.24, 2.45) is 4.99 Å². The van der Waals surface area contributed by atoms with Crippen molar-refractivity contribution in [3.8, 4) is 5.75 Å². The zero-order chi connectivity index (χ0) is 24.9. The summed E-state index contributed by atoms with van der Waals surface area (Å²) in [5.74, 6) is -0.536. The number of aryl methyl sites for hydroxylation is 2. The molecule has 4 rings (SSSR count). The second kappa shape index (κ2) is 10.6. The molecule has 6 nitrogen and oxygen atoms in total. The lowest BCUT2D eigenvalue weighted by Gasteiger charge is -2.19. The molecule has 1 aliphatic heterocycles. The quantitative estimate of drug-likeness (QED) is 0.460. The number of amidine groups is 1. The number of nitrogens with zero attached hydrogens (tertiary/aromatic N) is 2. The van der Waals surface area contributed by atoms with Crippen LogP contribution in [0.4, 0.5) is 15.8 Å². The Kier molecular flexibility index (Phi) is 7.31. The number of hydrogen-bond donors (Lipinski definition) is 1. The van der Waals surface area contributed by atoms with Crippen molar-refractivity contribution in [3.63, 3.8) is 0 Å². The molecule has 35 heavy (non-hydrogen) atoms. The minimum absolute atomic E-state index is 0.0441. The van der Waals surface area contributed by atoms with Crippen LogP contribution in [-0.4, -0.2) is 29.8 Å². The molecule has 1 aliphatic rings. The first-order valence-electron chi connectivity index (χ1n) is 10.9. The fourth-order valence-electron chi connectivity index (χ4n) is 3.64. The Hall–Kier alpha value is -3.91. The van der Waals surface area contributed by atoms with Gasteiger partial charge in [0.2, 0.25) is 5.91 Å². The van der Waals surface area contributed by atoms with Crippen molar-refractivity contribution >= 4 is 46.2 Å². The number of thioether (sulfide) groups is 1. The number of carbonyl (C=O) groups is 2. The van der Waals surface area contributed by atoms with Crippen molar-refractivity contribution in [2.75, 3.05) is 23.1 Å². The van der Waals surface area contributed by atoms with Gasteiger partial charge in [-0.25, -0.2) is 9.38 Å². The molecule has 3 aromatic carbocycles. The number of benzene rings is 3. The maximum absolute atomic E-state index is 13.9. The van der Waals surface area contributed by atoms with E-state index in [9.17, 15) is 14.0 Å². The van der Waals surface area contributed by atoms with Gasteiger partial charge in [0, 0.05) is 0 Å². The number of amides is 2. The van der Waals surface area contributed by atoms with Gasteiger partial charge in [-0.15, -0.1) is 0 Å².